The van der Waals surface area contributed by atoms with Crippen LogP contribution in [0.2, 0.25) is 0 Å². The number of carboxylic acid groups (broad SMARTS) is 1. The maximum Gasteiger partial charge on any atom is 0.311 e. The van der Waals surface area contributed by atoms with Gasteiger partial charge in [-0.1, -0.05) is 18.6 Å². The van der Waals surface area contributed by atoms with Crippen LogP contribution in [0.4, 0.5) is 0 Å². The van der Waals surface area contributed by atoms with E-state index in [9.17, 15) is 9.90 Å². The van der Waals surface area contributed by atoms with Crippen LogP contribution in [0, 0.1) is 5.41 Å². The quantitative estimate of drug-likeness (QED) is 0.898. The number of tetrazole rings is 1. The van der Waals surface area contributed by atoms with Gasteiger partial charge in [0.05, 0.1) is 19.1 Å². The summed E-state index contributed by atoms with van der Waals surface area (Å²) >= 11 is 0. The molecule has 1 aliphatic rings. The molecule has 1 aromatic heterocycles. The summed E-state index contributed by atoms with van der Waals surface area (Å²) in [5, 5.41) is 21.1. The van der Waals surface area contributed by atoms with Gasteiger partial charge in [-0.3, -0.25) is 4.79 Å². The molecular weight excluding hydrogens is 272 g/mol. The van der Waals surface area contributed by atoms with Crippen molar-refractivity contribution in [3.05, 3.63) is 24.3 Å². The zero-order valence-electron chi connectivity index (χ0n) is 11.7. The molecule has 7 heteroatoms. The first-order chi connectivity index (χ1) is 10.1. The van der Waals surface area contributed by atoms with Crippen LogP contribution < -0.4 is 4.74 Å². The fraction of sp³-hybridized carbons (Fsp3) is 0.429. The van der Waals surface area contributed by atoms with Gasteiger partial charge in [0.25, 0.3) is 0 Å². The van der Waals surface area contributed by atoms with Gasteiger partial charge in [0.2, 0.25) is 0 Å². The lowest BCUT2D eigenvalue weighted by Crippen LogP contribution is -2.42. The Bertz CT molecular complexity index is 664. The molecule has 110 valence electrons. The average molecular weight is 288 g/mol. The molecule has 0 bridgehead atoms. The van der Waals surface area contributed by atoms with Gasteiger partial charge in [-0.05, 0) is 35.4 Å². The van der Waals surface area contributed by atoms with E-state index in [1.807, 2.05) is 24.3 Å². The fourth-order valence-corrected chi connectivity index (χ4v) is 2.61. The maximum atomic E-state index is 11.5. The van der Waals surface area contributed by atoms with Crippen molar-refractivity contribution in [2.24, 2.45) is 5.41 Å². The van der Waals surface area contributed by atoms with Crippen LogP contribution in [0.1, 0.15) is 19.3 Å². The third-order valence-electron chi connectivity index (χ3n) is 4.08. The Labute approximate surface area is 121 Å². The molecule has 7 nitrogen and oxygen atoms in total. The van der Waals surface area contributed by atoms with Crippen LogP contribution in [-0.4, -0.2) is 38.4 Å². The molecular formula is C14H16N4O3. The summed E-state index contributed by atoms with van der Waals surface area (Å²) < 4.78 is 6.76. The van der Waals surface area contributed by atoms with Crippen molar-refractivity contribution in [2.75, 3.05) is 7.11 Å². The molecule has 1 aliphatic carbocycles. The highest BCUT2D eigenvalue weighted by Crippen LogP contribution is 2.43. The first-order valence-electron chi connectivity index (χ1n) is 6.79. The van der Waals surface area contributed by atoms with E-state index in [0.717, 1.165) is 12.0 Å². The third-order valence-corrected chi connectivity index (χ3v) is 4.08. The highest BCUT2D eigenvalue weighted by Gasteiger charge is 2.45. The number of hydrogen-bond acceptors (Lipinski definition) is 5. The second-order valence-corrected chi connectivity index (χ2v) is 5.33. The van der Waals surface area contributed by atoms with Crippen LogP contribution in [0.3, 0.4) is 0 Å². The minimum Gasteiger partial charge on any atom is -0.497 e. The SMILES string of the molecule is COc1cccc(-c2nnnn2CC2(C(=O)O)CCC2)c1. The largest absolute Gasteiger partial charge is 0.497 e. The Balaban J connectivity index is 1.92. The zero-order valence-corrected chi connectivity index (χ0v) is 11.7. The lowest BCUT2D eigenvalue weighted by Gasteiger charge is -2.37. The van der Waals surface area contributed by atoms with Crippen LogP contribution in [0.25, 0.3) is 11.4 Å². The lowest BCUT2D eigenvalue weighted by molar-refractivity contribution is -0.156. The second kappa shape index (κ2) is 5.16. The van der Waals surface area contributed by atoms with Crippen LogP contribution >= 0.6 is 0 Å². The smallest absolute Gasteiger partial charge is 0.311 e. The number of benzene rings is 1. The molecule has 3 rings (SSSR count). The summed E-state index contributed by atoms with van der Waals surface area (Å²) in [6, 6.07) is 7.39. The van der Waals surface area contributed by atoms with E-state index < -0.39 is 11.4 Å². The second-order valence-electron chi connectivity index (χ2n) is 5.33. The summed E-state index contributed by atoms with van der Waals surface area (Å²) in [7, 11) is 1.59. The number of hydrogen-bond donors (Lipinski definition) is 1. The number of nitrogens with zero attached hydrogens (tertiary/aromatic N) is 4. The molecule has 0 unspecified atom stereocenters. The molecule has 2 aromatic rings. The van der Waals surface area contributed by atoms with E-state index in [1.54, 1.807) is 11.8 Å². The van der Waals surface area contributed by atoms with Gasteiger partial charge in [-0.25, -0.2) is 4.68 Å². The molecule has 21 heavy (non-hydrogen) atoms. The summed E-state index contributed by atoms with van der Waals surface area (Å²) in [5.74, 6) is 0.487. The molecule has 0 atom stereocenters. The monoisotopic (exact) mass is 288 g/mol. The molecule has 0 saturated heterocycles. The average Bonchev–Trinajstić information content (AvgIpc) is 2.90. The van der Waals surface area contributed by atoms with Gasteiger partial charge in [0.1, 0.15) is 5.75 Å². The van der Waals surface area contributed by atoms with E-state index >= 15 is 0 Å². The van der Waals surface area contributed by atoms with E-state index in [1.165, 1.54) is 0 Å². The van der Waals surface area contributed by atoms with Gasteiger partial charge < -0.3 is 9.84 Å². The van der Waals surface area contributed by atoms with Crippen molar-refractivity contribution in [1.29, 1.82) is 0 Å². The minimum absolute atomic E-state index is 0.294. The highest BCUT2D eigenvalue weighted by atomic mass is 16.5. The predicted octanol–water partition coefficient (Wildman–Crippen LogP) is 1.60. The summed E-state index contributed by atoms with van der Waals surface area (Å²) in [6.07, 6.45) is 2.27. The third kappa shape index (κ3) is 2.35. The minimum atomic E-state index is -0.777. The van der Waals surface area contributed by atoms with Crippen LogP contribution in [0.15, 0.2) is 24.3 Å². The number of methoxy groups -OCH3 is 1. The molecule has 1 saturated carbocycles. The Hall–Kier alpha value is -2.44. The van der Waals surface area contributed by atoms with E-state index in [2.05, 4.69) is 15.5 Å². The Morgan fingerprint density at radius 1 is 1.48 bits per heavy atom. The molecule has 1 aromatic carbocycles. The van der Waals surface area contributed by atoms with Crippen molar-refractivity contribution >= 4 is 5.97 Å². The Morgan fingerprint density at radius 2 is 2.29 bits per heavy atom. The summed E-state index contributed by atoms with van der Waals surface area (Å²) in [6.45, 7) is 0.294. The standard InChI is InChI=1S/C14H16N4O3/c1-21-11-5-2-4-10(8-11)12-15-16-17-18(12)9-14(13(19)20)6-3-7-14/h2,4-5,8H,3,6-7,9H2,1H3,(H,19,20). The number of ether oxygens (including phenoxy) is 1. The Kier molecular flexibility index (Phi) is 3.32. The van der Waals surface area contributed by atoms with Crippen LogP contribution in [0.5, 0.6) is 5.75 Å². The maximum absolute atomic E-state index is 11.5. The first kappa shape index (κ1) is 13.5. The van der Waals surface area contributed by atoms with E-state index in [-0.39, 0.29) is 0 Å². The molecule has 0 aliphatic heterocycles. The van der Waals surface area contributed by atoms with Gasteiger partial charge in [0, 0.05) is 5.56 Å². The summed E-state index contributed by atoms with van der Waals surface area (Å²) in [5.41, 5.74) is 0.0717. The fourth-order valence-electron chi connectivity index (χ4n) is 2.61. The molecule has 1 heterocycles. The Morgan fingerprint density at radius 3 is 2.90 bits per heavy atom. The lowest BCUT2D eigenvalue weighted by atomic mass is 9.69. The first-order valence-corrected chi connectivity index (χ1v) is 6.79. The van der Waals surface area contributed by atoms with Crippen molar-refractivity contribution in [3.8, 4) is 17.1 Å². The van der Waals surface area contributed by atoms with Gasteiger partial charge in [0.15, 0.2) is 5.82 Å². The van der Waals surface area contributed by atoms with Crippen molar-refractivity contribution < 1.29 is 14.6 Å². The summed E-state index contributed by atoms with van der Waals surface area (Å²) in [4.78, 5) is 11.5. The molecule has 1 N–H and O–H groups in total. The normalized spacial score (nSPS) is 16.2. The topological polar surface area (TPSA) is 90.1 Å². The predicted molar refractivity (Wildman–Crippen MR) is 73.7 cm³/mol. The van der Waals surface area contributed by atoms with Gasteiger partial charge >= 0.3 is 5.97 Å². The zero-order chi connectivity index (χ0) is 14.9. The number of aliphatic carboxylic acids is 1. The molecule has 0 spiro atoms. The van der Waals surface area contributed by atoms with E-state index in [4.69, 9.17) is 4.74 Å². The van der Waals surface area contributed by atoms with Crippen LogP contribution in [-0.2, 0) is 11.3 Å². The van der Waals surface area contributed by atoms with Crippen molar-refractivity contribution in [2.45, 2.75) is 25.8 Å². The van der Waals surface area contributed by atoms with E-state index in [0.29, 0.717) is 31.0 Å². The number of carbonyl (C=O) groups is 1. The van der Waals surface area contributed by atoms with Gasteiger partial charge in [-0.2, -0.15) is 0 Å². The number of aromatic nitrogens is 4. The van der Waals surface area contributed by atoms with Crippen molar-refractivity contribution in [3.63, 3.8) is 0 Å². The molecule has 1 fully saturated rings. The van der Waals surface area contributed by atoms with Crippen molar-refractivity contribution in [1.82, 2.24) is 20.2 Å². The van der Waals surface area contributed by atoms with Gasteiger partial charge in [-0.15, -0.1) is 5.10 Å². The molecule has 0 amide bonds. The number of rotatable bonds is 5. The molecule has 0 radical (unpaired) electrons. The highest BCUT2D eigenvalue weighted by molar-refractivity contribution is 5.75. The number of carboxylic acids is 1.